The fourth-order valence-corrected chi connectivity index (χ4v) is 4.04. The van der Waals surface area contributed by atoms with Crippen LogP contribution in [0.1, 0.15) is 11.4 Å². The minimum absolute atomic E-state index is 0.793. The van der Waals surface area contributed by atoms with Crippen LogP contribution >= 0.6 is 22.7 Å². The zero-order valence-electron chi connectivity index (χ0n) is 11.7. The summed E-state index contributed by atoms with van der Waals surface area (Å²) in [5, 5.41) is 20.6. The SMILES string of the molecule is Cc1nn(C)c(C)c1-c1nn2c(-c3cccs3)nnc2s1. The Morgan fingerprint density at radius 3 is 2.67 bits per heavy atom. The van der Waals surface area contributed by atoms with Gasteiger partial charge < -0.3 is 0 Å². The van der Waals surface area contributed by atoms with Gasteiger partial charge in [0.2, 0.25) is 4.96 Å². The summed E-state index contributed by atoms with van der Waals surface area (Å²) in [5.74, 6) is 0.793. The Kier molecular flexibility index (Phi) is 2.69. The van der Waals surface area contributed by atoms with Crippen molar-refractivity contribution in [1.82, 2.24) is 29.6 Å². The summed E-state index contributed by atoms with van der Waals surface area (Å²) in [6.45, 7) is 4.06. The molecule has 0 aliphatic carbocycles. The largest absolute Gasteiger partial charge is 0.272 e. The fourth-order valence-electron chi connectivity index (χ4n) is 2.36. The molecule has 0 N–H and O–H groups in total. The molecule has 4 aromatic rings. The van der Waals surface area contributed by atoms with Gasteiger partial charge in [-0.1, -0.05) is 17.4 Å². The molecule has 0 spiro atoms. The standard InChI is InChI=1S/C13H12N6S2/c1-7-10(8(2)18(3)16-7)12-17-19-11(9-5-4-6-20-9)14-15-13(19)21-12/h4-6H,1-3H3. The molecular formula is C13H12N6S2. The van der Waals surface area contributed by atoms with E-state index >= 15 is 0 Å². The average molecular weight is 316 g/mol. The Balaban J connectivity index is 1.92. The third-order valence-corrected chi connectivity index (χ3v) is 5.24. The van der Waals surface area contributed by atoms with Crippen LogP contribution in [0, 0.1) is 13.8 Å². The lowest BCUT2D eigenvalue weighted by Gasteiger charge is -1.96. The molecule has 4 rings (SSSR count). The maximum Gasteiger partial charge on any atom is 0.235 e. The molecule has 0 saturated carbocycles. The van der Waals surface area contributed by atoms with E-state index in [4.69, 9.17) is 5.10 Å². The Morgan fingerprint density at radius 1 is 1.14 bits per heavy atom. The molecule has 0 aliphatic rings. The average Bonchev–Trinajstić information content (AvgIpc) is 3.15. The highest BCUT2D eigenvalue weighted by molar-refractivity contribution is 7.20. The van der Waals surface area contributed by atoms with E-state index in [0.717, 1.165) is 37.6 Å². The Labute approximate surface area is 128 Å². The first-order valence-corrected chi connectivity index (χ1v) is 8.11. The van der Waals surface area contributed by atoms with E-state index in [1.165, 1.54) is 11.3 Å². The molecule has 0 radical (unpaired) electrons. The number of nitrogens with zero attached hydrogens (tertiary/aromatic N) is 6. The summed E-state index contributed by atoms with van der Waals surface area (Å²) >= 11 is 3.18. The zero-order valence-corrected chi connectivity index (χ0v) is 13.4. The number of thiophene rings is 1. The van der Waals surface area contributed by atoms with Gasteiger partial charge in [0, 0.05) is 12.7 Å². The van der Waals surface area contributed by atoms with Crippen LogP contribution in [0.4, 0.5) is 0 Å². The first kappa shape index (κ1) is 12.7. The molecule has 0 aliphatic heterocycles. The van der Waals surface area contributed by atoms with Crippen LogP contribution in [0.25, 0.3) is 26.2 Å². The molecule has 0 fully saturated rings. The molecule has 0 atom stereocenters. The lowest BCUT2D eigenvalue weighted by atomic mass is 10.2. The van der Waals surface area contributed by atoms with Crippen molar-refractivity contribution in [3.8, 4) is 21.3 Å². The van der Waals surface area contributed by atoms with Crippen LogP contribution in [-0.2, 0) is 7.05 Å². The van der Waals surface area contributed by atoms with Crippen LogP contribution in [0.3, 0.4) is 0 Å². The predicted molar refractivity (Wildman–Crippen MR) is 83.6 cm³/mol. The van der Waals surface area contributed by atoms with E-state index in [1.807, 2.05) is 40.7 Å². The molecule has 21 heavy (non-hydrogen) atoms. The fraction of sp³-hybridized carbons (Fsp3) is 0.231. The summed E-state index contributed by atoms with van der Waals surface area (Å²) < 4.78 is 3.70. The van der Waals surface area contributed by atoms with Crippen LogP contribution < -0.4 is 0 Å². The van der Waals surface area contributed by atoms with Gasteiger partial charge >= 0.3 is 0 Å². The van der Waals surface area contributed by atoms with E-state index in [0.29, 0.717) is 0 Å². The second-order valence-corrected chi connectivity index (χ2v) is 6.68. The van der Waals surface area contributed by atoms with Crippen LogP contribution in [0.5, 0.6) is 0 Å². The molecule has 0 saturated heterocycles. The first-order chi connectivity index (χ1) is 10.1. The van der Waals surface area contributed by atoms with Crippen molar-refractivity contribution in [1.29, 1.82) is 0 Å². The highest BCUT2D eigenvalue weighted by Gasteiger charge is 2.19. The maximum atomic E-state index is 4.70. The number of aromatic nitrogens is 6. The van der Waals surface area contributed by atoms with Crippen molar-refractivity contribution in [2.75, 3.05) is 0 Å². The number of hydrogen-bond acceptors (Lipinski definition) is 6. The van der Waals surface area contributed by atoms with Gasteiger partial charge in [-0.15, -0.1) is 21.5 Å². The molecule has 4 heterocycles. The monoisotopic (exact) mass is 316 g/mol. The lowest BCUT2D eigenvalue weighted by Crippen LogP contribution is -1.93. The molecule has 106 valence electrons. The maximum absolute atomic E-state index is 4.70. The van der Waals surface area contributed by atoms with E-state index in [-0.39, 0.29) is 0 Å². The second-order valence-electron chi connectivity index (χ2n) is 4.77. The number of rotatable bonds is 2. The summed E-state index contributed by atoms with van der Waals surface area (Å²) in [6.07, 6.45) is 0. The summed E-state index contributed by atoms with van der Waals surface area (Å²) in [7, 11) is 1.95. The molecule has 0 unspecified atom stereocenters. The van der Waals surface area contributed by atoms with Crippen molar-refractivity contribution in [2.45, 2.75) is 13.8 Å². The number of hydrogen-bond donors (Lipinski definition) is 0. The number of fused-ring (bicyclic) bond motifs is 1. The van der Waals surface area contributed by atoms with E-state index in [1.54, 1.807) is 11.3 Å². The smallest absolute Gasteiger partial charge is 0.235 e. The van der Waals surface area contributed by atoms with Crippen LogP contribution in [-0.4, -0.2) is 29.6 Å². The van der Waals surface area contributed by atoms with Crippen molar-refractivity contribution in [2.24, 2.45) is 7.05 Å². The van der Waals surface area contributed by atoms with Gasteiger partial charge in [0.05, 0.1) is 16.1 Å². The molecule has 6 nitrogen and oxygen atoms in total. The molecule has 0 amide bonds. The molecular weight excluding hydrogens is 304 g/mol. The van der Waals surface area contributed by atoms with Crippen molar-refractivity contribution >= 4 is 27.6 Å². The second kappa shape index (κ2) is 4.47. The van der Waals surface area contributed by atoms with E-state index in [9.17, 15) is 0 Å². The van der Waals surface area contributed by atoms with Gasteiger partial charge in [0.15, 0.2) is 10.8 Å². The van der Waals surface area contributed by atoms with Gasteiger partial charge in [0.25, 0.3) is 0 Å². The van der Waals surface area contributed by atoms with Gasteiger partial charge in [-0.05, 0) is 25.3 Å². The molecule has 4 aromatic heterocycles. The van der Waals surface area contributed by atoms with E-state index < -0.39 is 0 Å². The quantitative estimate of drug-likeness (QED) is 0.570. The first-order valence-electron chi connectivity index (χ1n) is 6.42. The van der Waals surface area contributed by atoms with Gasteiger partial charge in [-0.25, -0.2) is 0 Å². The van der Waals surface area contributed by atoms with Gasteiger partial charge in [0.1, 0.15) is 0 Å². The normalized spacial score (nSPS) is 11.6. The van der Waals surface area contributed by atoms with Crippen LogP contribution in [0.2, 0.25) is 0 Å². The van der Waals surface area contributed by atoms with E-state index in [2.05, 4.69) is 22.2 Å². The highest BCUT2D eigenvalue weighted by Crippen LogP contribution is 2.32. The zero-order chi connectivity index (χ0) is 14.6. The topological polar surface area (TPSA) is 60.9 Å². The lowest BCUT2D eigenvalue weighted by molar-refractivity contribution is 0.731. The van der Waals surface area contributed by atoms with Crippen molar-refractivity contribution < 1.29 is 0 Å². The van der Waals surface area contributed by atoms with Crippen molar-refractivity contribution in [3.05, 3.63) is 28.9 Å². The van der Waals surface area contributed by atoms with Crippen molar-refractivity contribution in [3.63, 3.8) is 0 Å². The Hall–Kier alpha value is -2.06. The minimum Gasteiger partial charge on any atom is -0.272 e. The predicted octanol–water partition coefficient (Wildman–Crippen LogP) is 2.93. The third-order valence-electron chi connectivity index (χ3n) is 3.46. The summed E-state index contributed by atoms with van der Waals surface area (Å²) in [6, 6.07) is 4.03. The van der Waals surface area contributed by atoms with Gasteiger partial charge in [-0.3, -0.25) is 4.68 Å². The summed E-state index contributed by atoms with van der Waals surface area (Å²) in [5.41, 5.74) is 3.18. The van der Waals surface area contributed by atoms with Crippen LogP contribution in [0.15, 0.2) is 17.5 Å². The minimum atomic E-state index is 0.793. The summed E-state index contributed by atoms with van der Waals surface area (Å²) in [4.78, 5) is 1.87. The highest BCUT2D eigenvalue weighted by atomic mass is 32.1. The third kappa shape index (κ3) is 1.83. The molecule has 0 bridgehead atoms. The Bertz CT molecular complexity index is 928. The molecule has 0 aromatic carbocycles. The number of aryl methyl sites for hydroxylation is 2. The van der Waals surface area contributed by atoms with Gasteiger partial charge in [-0.2, -0.15) is 14.7 Å². The molecule has 8 heteroatoms. The Morgan fingerprint density at radius 2 is 2.00 bits per heavy atom.